The number of halogens is 3. The predicted octanol–water partition coefficient (Wildman–Crippen LogP) is 3.48. The van der Waals surface area contributed by atoms with E-state index in [0.717, 1.165) is 12.6 Å². The average molecular weight is 466 g/mol. The number of rotatable bonds is 8. The highest BCUT2D eigenvalue weighted by Crippen LogP contribution is 2.22. The number of hydrogen-bond donors (Lipinski definition) is 0. The first kappa shape index (κ1) is 24.4. The lowest BCUT2D eigenvalue weighted by Crippen LogP contribution is -2.49. The fraction of sp³-hybridized carbons (Fsp3) is 0.391. The van der Waals surface area contributed by atoms with Gasteiger partial charge in [0, 0.05) is 38.3 Å². The van der Waals surface area contributed by atoms with Gasteiger partial charge in [-0.3, -0.25) is 14.5 Å². The van der Waals surface area contributed by atoms with E-state index >= 15 is 0 Å². The number of allylic oxidation sites excluding steroid dienone is 3. The minimum absolute atomic E-state index is 0.0780. The smallest absolute Gasteiger partial charge is 0.492 e. The van der Waals surface area contributed by atoms with Gasteiger partial charge in [-0.1, -0.05) is 6.08 Å². The zero-order valence-electron chi connectivity index (χ0n) is 18.4. The van der Waals surface area contributed by atoms with Crippen molar-refractivity contribution < 1.29 is 31.9 Å². The van der Waals surface area contributed by atoms with E-state index in [-0.39, 0.29) is 23.5 Å². The minimum atomic E-state index is -4.78. The number of ether oxygens (including phenoxy) is 2. The fourth-order valence-electron chi connectivity index (χ4n) is 3.29. The van der Waals surface area contributed by atoms with Crippen LogP contribution in [0.1, 0.15) is 12.5 Å². The lowest BCUT2D eigenvalue weighted by Gasteiger charge is -2.31. The van der Waals surface area contributed by atoms with Gasteiger partial charge in [0.15, 0.2) is 5.43 Å². The van der Waals surface area contributed by atoms with Crippen LogP contribution in [0.15, 0.2) is 57.7 Å². The van der Waals surface area contributed by atoms with Crippen LogP contribution in [0, 0.1) is 0 Å². The molecule has 0 aliphatic carbocycles. The van der Waals surface area contributed by atoms with E-state index in [1.165, 1.54) is 25.3 Å². The molecule has 33 heavy (non-hydrogen) atoms. The maximum atomic E-state index is 12.7. The van der Waals surface area contributed by atoms with Gasteiger partial charge >= 0.3 is 6.36 Å². The van der Waals surface area contributed by atoms with Crippen molar-refractivity contribution >= 4 is 16.9 Å². The molecule has 178 valence electrons. The first-order chi connectivity index (χ1) is 15.7. The molecule has 1 fully saturated rings. The number of carbonyl (C=O) groups excluding carboxylic acids is 1. The topological polar surface area (TPSA) is 72.2 Å². The van der Waals surface area contributed by atoms with Gasteiger partial charge in [-0.2, -0.15) is 0 Å². The Morgan fingerprint density at radius 3 is 2.73 bits per heavy atom. The number of benzene rings is 1. The van der Waals surface area contributed by atoms with Crippen LogP contribution >= 0.6 is 0 Å². The monoisotopic (exact) mass is 466 g/mol. The van der Waals surface area contributed by atoms with Crippen LogP contribution in [0.5, 0.6) is 5.75 Å². The van der Waals surface area contributed by atoms with Crippen LogP contribution in [-0.2, 0) is 16.0 Å². The van der Waals surface area contributed by atoms with Crippen molar-refractivity contribution in [1.29, 1.82) is 0 Å². The molecule has 1 aliphatic rings. The van der Waals surface area contributed by atoms with Crippen LogP contribution in [0.4, 0.5) is 13.2 Å². The van der Waals surface area contributed by atoms with Gasteiger partial charge in [-0.25, -0.2) is 0 Å². The molecular formula is C23H25F3N2O5. The maximum Gasteiger partial charge on any atom is 0.573 e. The number of nitrogens with zero attached hydrogens (tertiary/aromatic N) is 2. The Morgan fingerprint density at radius 1 is 1.24 bits per heavy atom. The molecule has 3 rings (SSSR count). The molecular weight excluding hydrogens is 441 g/mol. The summed E-state index contributed by atoms with van der Waals surface area (Å²) >= 11 is 0. The number of carbonyl (C=O) groups is 1. The third-order valence-corrected chi connectivity index (χ3v) is 5.17. The zero-order chi connectivity index (χ0) is 24.0. The van der Waals surface area contributed by atoms with E-state index in [1.807, 2.05) is 4.90 Å². The first-order valence-corrected chi connectivity index (χ1v) is 10.4. The number of amides is 1. The summed E-state index contributed by atoms with van der Waals surface area (Å²) in [7, 11) is 1.78. The highest BCUT2D eigenvalue weighted by atomic mass is 19.4. The summed E-state index contributed by atoms with van der Waals surface area (Å²) in [6.45, 7) is 4.22. The fourth-order valence-corrected chi connectivity index (χ4v) is 3.29. The summed E-state index contributed by atoms with van der Waals surface area (Å²) in [4.78, 5) is 28.2. The third-order valence-electron chi connectivity index (χ3n) is 5.17. The summed E-state index contributed by atoms with van der Waals surface area (Å²) in [5.74, 6) is 0.241. The van der Waals surface area contributed by atoms with E-state index in [1.54, 1.807) is 30.1 Å². The van der Waals surface area contributed by atoms with Crippen LogP contribution in [0.2, 0.25) is 0 Å². The van der Waals surface area contributed by atoms with Gasteiger partial charge in [0.2, 0.25) is 5.91 Å². The molecule has 2 aromatic rings. The molecule has 7 nitrogen and oxygen atoms in total. The molecule has 10 heteroatoms. The molecule has 0 N–H and O–H groups in total. The maximum absolute atomic E-state index is 12.7. The van der Waals surface area contributed by atoms with E-state index in [4.69, 9.17) is 9.15 Å². The summed E-state index contributed by atoms with van der Waals surface area (Å²) in [6.07, 6.45) is 0.320. The second-order valence-corrected chi connectivity index (χ2v) is 7.53. The summed E-state index contributed by atoms with van der Waals surface area (Å²) in [5.41, 5.74) is 0.367. The molecule has 1 aromatic carbocycles. The Labute approximate surface area is 188 Å². The van der Waals surface area contributed by atoms with Gasteiger partial charge in [0.1, 0.15) is 23.7 Å². The average Bonchev–Trinajstić information content (AvgIpc) is 2.76. The molecule has 1 aromatic heterocycles. The van der Waals surface area contributed by atoms with Crippen molar-refractivity contribution in [2.75, 3.05) is 39.8 Å². The van der Waals surface area contributed by atoms with E-state index in [2.05, 4.69) is 4.74 Å². The van der Waals surface area contributed by atoms with Crippen molar-refractivity contribution in [3.05, 3.63) is 64.2 Å². The molecule has 0 unspecified atom stereocenters. The second-order valence-electron chi connectivity index (χ2n) is 7.53. The van der Waals surface area contributed by atoms with Gasteiger partial charge in [0.25, 0.3) is 0 Å². The predicted molar refractivity (Wildman–Crippen MR) is 116 cm³/mol. The van der Waals surface area contributed by atoms with E-state index in [0.29, 0.717) is 48.5 Å². The molecule has 0 spiro atoms. The lowest BCUT2D eigenvalue weighted by molar-refractivity contribution is -0.303. The molecule has 0 saturated carbocycles. The minimum Gasteiger partial charge on any atom is -0.492 e. The van der Waals surface area contributed by atoms with Crippen LogP contribution in [0.3, 0.4) is 0 Å². The molecule has 1 aliphatic heterocycles. The van der Waals surface area contributed by atoms with Crippen molar-refractivity contribution in [1.82, 2.24) is 9.80 Å². The number of alkyl halides is 3. The summed E-state index contributed by atoms with van der Waals surface area (Å²) < 4.78 is 52.1. The molecule has 0 radical (unpaired) electrons. The quantitative estimate of drug-likeness (QED) is 0.438. The van der Waals surface area contributed by atoms with Crippen LogP contribution < -0.4 is 10.2 Å². The second kappa shape index (κ2) is 10.6. The largest absolute Gasteiger partial charge is 0.573 e. The summed E-state index contributed by atoms with van der Waals surface area (Å²) in [6, 6.07) is 4.86. The summed E-state index contributed by atoms with van der Waals surface area (Å²) in [5, 5.41) is 0.343. The van der Waals surface area contributed by atoms with Crippen molar-refractivity contribution in [2.45, 2.75) is 19.7 Å². The number of piperazine rings is 1. The Hall–Kier alpha value is -3.27. The standard InChI is InChI=1S/C23H25F3N2O5/c1-3-17(33-23(24,25)26)6-4-5-16-15-32-20-13-18(7-8-19(20)22(16)30)31-12-11-28-10-9-27(2)21(29)14-28/h3-4,6-8,13,15H,5,9-12,14H2,1-2H3/b6-4-,17-3+. The SMILES string of the molecule is C/C=C(\C=C/Cc1coc2cc(OCCN3CCN(C)C(=O)C3)ccc2c1=O)OC(F)(F)F. The van der Waals surface area contributed by atoms with Crippen molar-refractivity contribution in [3.63, 3.8) is 0 Å². The van der Waals surface area contributed by atoms with Crippen molar-refractivity contribution in [2.24, 2.45) is 0 Å². The Balaban J connectivity index is 1.60. The highest BCUT2D eigenvalue weighted by Gasteiger charge is 2.31. The molecule has 0 atom stereocenters. The van der Waals surface area contributed by atoms with Crippen molar-refractivity contribution in [3.8, 4) is 5.75 Å². The van der Waals surface area contributed by atoms with Gasteiger partial charge in [-0.05, 0) is 37.6 Å². The molecule has 2 heterocycles. The normalized spacial score (nSPS) is 16.1. The Kier molecular flexibility index (Phi) is 7.80. The Bertz CT molecular complexity index is 1110. The first-order valence-electron chi connectivity index (χ1n) is 10.4. The third kappa shape index (κ3) is 6.85. The highest BCUT2D eigenvalue weighted by molar-refractivity contribution is 5.79. The van der Waals surface area contributed by atoms with Crippen LogP contribution in [-0.4, -0.2) is 61.9 Å². The van der Waals surface area contributed by atoms with E-state index < -0.39 is 6.36 Å². The molecule has 1 saturated heterocycles. The number of hydrogen-bond acceptors (Lipinski definition) is 6. The Morgan fingerprint density at radius 2 is 2.03 bits per heavy atom. The van der Waals surface area contributed by atoms with Gasteiger partial charge < -0.3 is 18.8 Å². The van der Waals surface area contributed by atoms with Crippen LogP contribution in [0.25, 0.3) is 11.0 Å². The van der Waals surface area contributed by atoms with Gasteiger partial charge in [0.05, 0.1) is 18.2 Å². The number of likely N-dealkylation sites (N-methyl/N-ethyl adjacent to an activating group) is 1. The number of fused-ring (bicyclic) bond motifs is 1. The molecule has 0 bridgehead atoms. The van der Waals surface area contributed by atoms with Gasteiger partial charge in [-0.15, -0.1) is 13.2 Å². The zero-order valence-corrected chi connectivity index (χ0v) is 18.4. The lowest BCUT2D eigenvalue weighted by atomic mass is 10.1. The molecule has 1 amide bonds. The van der Waals surface area contributed by atoms with E-state index in [9.17, 15) is 22.8 Å².